The molecule has 0 saturated carbocycles. The zero-order valence-corrected chi connectivity index (χ0v) is 13.0. The number of amides is 2. The van der Waals surface area contributed by atoms with Crippen molar-refractivity contribution in [1.29, 1.82) is 0 Å². The van der Waals surface area contributed by atoms with E-state index in [0.717, 1.165) is 11.1 Å². The van der Waals surface area contributed by atoms with Crippen molar-refractivity contribution in [2.24, 2.45) is 0 Å². The second-order valence-electron chi connectivity index (χ2n) is 5.16. The van der Waals surface area contributed by atoms with Crippen molar-refractivity contribution in [3.8, 4) is 11.1 Å². The van der Waals surface area contributed by atoms with E-state index in [1.54, 1.807) is 12.1 Å². The molecule has 2 aromatic carbocycles. The molecule has 1 unspecified atom stereocenters. The Labute approximate surface area is 135 Å². The monoisotopic (exact) mass is 312 g/mol. The summed E-state index contributed by atoms with van der Waals surface area (Å²) < 4.78 is 0. The Balaban J connectivity index is 1.98. The molecule has 3 N–H and O–H groups in total. The first kappa shape index (κ1) is 16.7. The molecule has 0 radical (unpaired) electrons. The minimum Gasteiger partial charge on any atom is -0.394 e. The van der Waals surface area contributed by atoms with E-state index in [1.807, 2.05) is 49.4 Å². The van der Waals surface area contributed by atoms with Gasteiger partial charge in [0.2, 0.25) is 0 Å². The lowest BCUT2D eigenvalue weighted by molar-refractivity contribution is -0.136. The Bertz CT molecular complexity index is 650. The van der Waals surface area contributed by atoms with E-state index in [2.05, 4.69) is 10.6 Å². The van der Waals surface area contributed by atoms with E-state index in [1.165, 1.54) is 0 Å². The van der Waals surface area contributed by atoms with E-state index < -0.39 is 17.9 Å². The molecule has 0 spiro atoms. The van der Waals surface area contributed by atoms with Crippen molar-refractivity contribution in [3.63, 3.8) is 0 Å². The molecule has 2 aromatic rings. The number of rotatable bonds is 5. The molecule has 0 aliphatic heterocycles. The number of hydrogen-bond donors (Lipinski definition) is 3. The zero-order valence-electron chi connectivity index (χ0n) is 13.0. The van der Waals surface area contributed by atoms with Gasteiger partial charge in [-0.1, -0.05) is 49.4 Å². The van der Waals surface area contributed by atoms with Crippen LogP contribution in [0.4, 0.5) is 5.69 Å². The molecule has 0 bridgehead atoms. The fourth-order valence-electron chi connectivity index (χ4n) is 2.09. The first-order valence-corrected chi connectivity index (χ1v) is 7.52. The van der Waals surface area contributed by atoms with Crippen LogP contribution in [0.25, 0.3) is 11.1 Å². The molecule has 0 heterocycles. The second-order valence-corrected chi connectivity index (χ2v) is 5.16. The molecule has 5 heteroatoms. The van der Waals surface area contributed by atoms with Gasteiger partial charge in [-0.15, -0.1) is 0 Å². The number of carbonyl (C=O) groups excluding carboxylic acids is 2. The normalized spacial score (nSPS) is 11.6. The minimum atomic E-state index is -0.752. The van der Waals surface area contributed by atoms with Gasteiger partial charge in [0.1, 0.15) is 0 Å². The summed E-state index contributed by atoms with van der Waals surface area (Å²) in [6, 6.07) is 16.7. The largest absolute Gasteiger partial charge is 0.394 e. The lowest BCUT2D eigenvalue weighted by Gasteiger charge is -2.13. The highest BCUT2D eigenvalue weighted by molar-refractivity contribution is 6.39. The summed E-state index contributed by atoms with van der Waals surface area (Å²) in [5, 5.41) is 14.1. The van der Waals surface area contributed by atoms with Gasteiger partial charge in [0, 0.05) is 5.69 Å². The number of benzene rings is 2. The maximum Gasteiger partial charge on any atom is 0.313 e. The Kier molecular flexibility index (Phi) is 5.88. The summed E-state index contributed by atoms with van der Waals surface area (Å²) in [6.45, 7) is 1.63. The quantitative estimate of drug-likeness (QED) is 0.741. The van der Waals surface area contributed by atoms with Crippen molar-refractivity contribution < 1.29 is 14.7 Å². The molecular formula is C18H20N2O3. The standard InChI is InChI=1S/C18H20N2O3/c1-2-15(12-21)19-17(22)18(23)20-16-10-8-14(9-11-16)13-6-4-3-5-7-13/h3-11,15,21H,2,12H2,1H3,(H,19,22)(H,20,23). The van der Waals surface area contributed by atoms with E-state index in [9.17, 15) is 9.59 Å². The van der Waals surface area contributed by atoms with Gasteiger partial charge in [-0.3, -0.25) is 9.59 Å². The van der Waals surface area contributed by atoms with Crippen molar-refractivity contribution in [2.75, 3.05) is 11.9 Å². The van der Waals surface area contributed by atoms with Crippen LogP contribution < -0.4 is 10.6 Å². The lowest BCUT2D eigenvalue weighted by atomic mass is 10.1. The van der Waals surface area contributed by atoms with Crippen molar-refractivity contribution in [3.05, 3.63) is 54.6 Å². The number of hydrogen-bond acceptors (Lipinski definition) is 3. The van der Waals surface area contributed by atoms with Gasteiger partial charge in [0.25, 0.3) is 0 Å². The van der Waals surface area contributed by atoms with Crippen LogP contribution >= 0.6 is 0 Å². The molecule has 2 rings (SSSR count). The number of nitrogens with one attached hydrogen (secondary N) is 2. The number of carbonyl (C=O) groups is 2. The number of aliphatic hydroxyl groups excluding tert-OH is 1. The average Bonchev–Trinajstić information content (AvgIpc) is 2.60. The van der Waals surface area contributed by atoms with Crippen LogP contribution in [0.15, 0.2) is 54.6 Å². The Hall–Kier alpha value is -2.66. The molecule has 0 aliphatic rings. The van der Waals surface area contributed by atoms with Gasteiger partial charge in [-0.05, 0) is 29.7 Å². The molecule has 0 aliphatic carbocycles. The molecule has 120 valence electrons. The highest BCUT2D eigenvalue weighted by Gasteiger charge is 2.17. The molecule has 1 atom stereocenters. The maximum absolute atomic E-state index is 11.8. The van der Waals surface area contributed by atoms with Crippen LogP contribution in [-0.2, 0) is 9.59 Å². The fraction of sp³-hybridized carbons (Fsp3) is 0.222. The van der Waals surface area contributed by atoms with E-state index in [0.29, 0.717) is 12.1 Å². The van der Waals surface area contributed by atoms with Gasteiger partial charge in [-0.2, -0.15) is 0 Å². The van der Waals surface area contributed by atoms with E-state index >= 15 is 0 Å². The third-order valence-corrected chi connectivity index (χ3v) is 3.50. The molecule has 23 heavy (non-hydrogen) atoms. The number of anilines is 1. The summed E-state index contributed by atoms with van der Waals surface area (Å²) in [6.07, 6.45) is 0.557. The van der Waals surface area contributed by atoms with Gasteiger partial charge in [0.05, 0.1) is 12.6 Å². The van der Waals surface area contributed by atoms with Gasteiger partial charge in [0.15, 0.2) is 0 Å². The molecule has 0 saturated heterocycles. The van der Waals surface area contributed by atoms with Crippen LogP contribution in [0.3, 0.4) is 0 Å². The molecule has 0 aromatic heterocycles. The fourth-order valence-corrected chi connectivity index (χ4v) is 2.09. The smallest absolute Gasteiger partial charge is 0.313 e. The predicted molar refractivity (Wildman–Crippen MR) is 89.8 cm³/mol. The summed E-state index contributed by atoms with van der Waals surface area (Å²) in [5.74, 6) is -1.50. The highest BCUT2D eigenvalue weighted by atomic mass is 16.3. The minimum absolute atomic E-state index is 0.193. The van der Waals surface area contributed by atoms with Crippen molar-refractivity contribution in [2.45, 2.75) is 19.4 Å². The molecule has 2 amide bonds. The molecule has 0 fully saturated rings. The first-order valence-electron chi connectivity index (χ1n) is 7.52. The van der Waals surface area contributed by atoms with Gasteiger partial charge in [-0.25, -0.2) is 0 Å². The van der Waals surface area contributed by atoms with E-state index in [-0.39, 0.29) is 6.61 Å². The molecule has 5 nitrogen and oxygen atoms in total. The van der Waals surface area contributed by atoms with Gasteiger partial charge < -0.3 is 15.7 Å². The topological polar surface area (TPSA) is 78.4 Å². The average molecular weight is 312 g/mol. The van der Waals surface area contributed by atoms with E-state index in [4.69, 9.17) is 5.11 Å². The lowest BCUT2D eigenvalue weighted by Crippen LogP contribution is -2.43. The Morgan fingerprint density at radius 3 is 2.13 bits per heavy atom. The summed E-state index contributed by atoms with van der Waals surface area (Å²) in [4.78, 5) is 23.6. The summed E-state index contributed by atoms with van der Waals surface area (Å²) >= 11 is 0. The molecular weight excluding hydrogens is 292 g/mol. The highest BCUT2D eigenvalue weighted by Crippen LogP contribution is 2.20. The third-order valence-electron chi connectivity index (χ3n) is 3.50. The SMILES string of the molecule is CCC(CO)NC(=O)C(=O)Nc1ccc(-c2ccccc2)cc1. The number of aliphatic hydroxyl groups is 1. The maximum atomic E-state index is 11.8. The summed E-state index contributed by atoms with van der Waals surface area (Å²) in [5.41, 5.74) is 2.65. The van der Waals surface area contributed by atoms with Crippen molar-refractivity contribution in [1.82, 2.24) is 5.32 Å². The first-order chi connectivity index (χ1) is 11.1. The Morgan fingerprint density at radius 2 is 1.57 bits per heavy atom. The van der Waals surface area contributed by atoms with Crippen LogP contribution in [0.2, 0.25) is 0 Å². The second kappa shape index (κ2) is 8.10. The van der Waals surface area contributed by atoms with Crippen molar-refractivity contribution >= 4 is 17.5 Å². The summed E-state index contributed by atoms with van der Waals surface area (Å²) in [7, 11) is 0. The zero-order chi connectivity index (χ0) is 16.7. The van der Waals surface area contributed by atoms with Crippen LogP contribution in [-0.4, -0.2) is 29.6 Å². The Morgan fingerprint density at radius 1 is 0.957 bits per heavy atom. The van der Waals surface area contributed by atoms with Gasteiger partial charge >= 0.3 is 11.8 Å². The van der Waals surface area contributed by atoms with Crippen LogP contribution in [0.1, 0.15) is 13.3 Å². The third kappa shape index (κ3) is 4.66. The predicted octanol–water partition coefficient (Wildman–Crippen LogP) is 2.18. The van der Waals surface area contributed by atoms with Crippen LogP contribution in [0.5, 0.6) is 0 Å². The van der Waals surface area contributed by atoms with Crippen LogP contribution in [0, 0.1) is 0 Å².